The van der Waals surface area contributed by atoms with Crippen molar-refractivity contribution in [1.82, 2.24) is 0 Å². The fourth-order valence-electron chi connectivity index (χ4n) is 1.26. The summed E-state index contributed by atoms with van der Waals surface area (Å²) in [5.74, 6) is -0.551. The molecule has 4 N–H and O–H groups in total. The Bertz CT molecular complexity index is 418. The van der Waals surface area contributed by atoms with Crippen LogP contribution in [0.25, 0.3) is 0 Å². The number of carbonyl (C=O) groups is 1. The van der Waals surface area contributed by atoms with Gasteiger partial charge in [-0.05, 0) is 31.0 Å². The molecule has 4 nitrogen and oxygen atoms in total. The van der Waals surface area contributed by atoms with Crippen molar-refractivity contribution in [2.75, 3.05) is 0 Å². The Labute approximate surface area is 88.5 Å². The zero-order valence-corrected chi connectivity index (χ0v) is 8.53. The molecule has 0 saturated heterocycles. The monoisotopic (exact) mass is 203 g/mol. The fourth-order valence-corrected chi connectivity index (χ4v) is 1.26. The first-order chi connectivity index (χ1) is 6.95. The lowest BCUT2D eigenvalue weighted by molar-refractivity contribution is -0.122. The molecule has 4 heteroatoms. The van der Waals surface area contributed by atoms with Gasteiger partial charge in [0.2, 0.25) is 5.91 Å². The number of nitriles is 1. The molecule has 0 heterocycles. The summed E-state index contributed by atoms with van der Waals surface area (Å²) < 4.78 is 0. The van der Waals surface area contributed by atoms with E-state index in [4.69, 9.17) is 16.7 Å². The van der Waals surface area contributed by atoms with Gasteiger partial charge in [0, 0.05) is 0 Å². The van der Waals surface area contributed by atoms with E-state index in [-0.39, 0.29) is 0 Å². The molecule has 1 rings (SSSR count). The van der Waals surface area contributed by atoms with Gasteiger partial charge in [-0.1, -0.05) is 12.1 Å². The SMILES string of the molecule is C[C@@](N)(Cc1cccc(C#N)c1)C(N)=O. The van der Waals surface area contributed by atoms with Gasteiger partial charge in [-0.25, -0.2) is 0 Å². The van der Waals surface area contributed by atoms with Gasteiger partial charge in [0.25, 0.3) is 0 Å². The van der Waals surface area contributed by atoms with E-state index >= 15 is 0 Å². The van der Waals surface area contributed by atoms with Gasteiger partial charge in [0.05, 0.1) is 17.2 Å². The minimum Gasteiger partial charge on any atom is -0.368 e. The van der Waals surface area contributed by atoms with Crippen molar-refractivity contribution in [3.63, 3.8) is 0 Å². The van der Waals surface area contributed by atoms with Gasteiger partial charge in [0.1, 0.15) is 0 Å². The number of amides is 1. The van der Waals surface area contributed by atoms with Crippen LogP contribution in [0.5, 0.6) is 0 Å². The van der Waals surface area contributed by atoms with Crippen molar-refractivity contribution >= 4 is 5.91 Å². The molecular formula is C11H13N3O. The summed E-state index contributed by atoms with van der Waals surface area (Å²) in [6.07, 6.45) is 0.331. The average Bonchev–Trinajstić information content (AvgIpc) is 2.17. The Balaban J connectivity index is 2.91. The highest BCUT2D eigenvalue weighted by Crippen LogP contribution is 2.11. The van der Waals surface area contributed by atoms with E-state index in [9.17, 15) is 4.79 Å². The van der Waals surface area contributed by atoms with Crippen LogP contribution in [0, 0.1) is 11.3 Å². The van der Waals surface area contributed by atoms with Gasteiger partial charge in [-0.2, -0.15) is 5.26 Å². The Morgan fingerprint density at radius 1 is 1.60 bits per heavy atom. The Hall–Kier alpha value is -1.86. The molecule has 0 unspecified atom stereocenters. The molecule has 0 aromatic heterocycles. The van der Waals surface area contributed by atoms with Crippen LogP contribution in [0.15, 0.2) is 24.3 Å². The number of nitrogens with zero attached hydrogens (tertiary/aromatic N) is 1. The second-order valence-electron chi connectivity index (χ2n) is 3.77. The van der Waals surface area contributed by atoms with E-state index < -0.39 is 11.4 Å². The number of rotatable bonds is 3. The minimum absolute atomic E-state index is 0.331. The summed E-state index contributed by atoms with van der Waals surface area (Å²) in [6, 6.07) is 8.99. The molecule has 0 spiro atoms. The van der Waals surface area contributed by atoms with E-state index in [2.05, 4.69) is 0 Å². The maximum atomic E-state index is 11.0. The molecule has 0 bridgehead atoms. The zero-order valence-electron chi connectivity index (χ0n) is 8.53. The number of hydrogen-bond donors (Lipinski definition) is 2. The summed E-state index contributed by atoms with van der Waals surface area (Å²) in [5.41, 5.74) is 11.2. The summed E-state index contributed by atoms with van der Waals surface area (Å²) >= 11 is 0. The van der Waals surface area contributed by atoms with Crippen molar-refractivity contribution < 1.29 is 4.79 Å². The maximum Gasteiger partial charge on any atom is 0.237 e. The van der Waals surface area contributed by atoms with E-state index in [1.807, 2.05) is 12.1 Å². The average molecular weight is 203 g/mol. The van der Waals surface area contributed by atoms with Crippen LogP contribution in [0.4, 0.5) is 0 Å². The molecule has 0 radical (unpaired) electrons. The van der Waals surface area contributed by atoms with Crippen LogP contribution in [-0.4, -0.2) is 11.4 Å². The summed E-state index contributed by atoms with van der Waals surface area (Å²) in [4.78, 5) is 11.0. The lowest BCUT2D eigenvalue weighted by Crippen LogP contribution is -2.51. The largest absolute Gasteiger partial charge is 0.368 e. The third-order valence-electron chi connectivity index (χ3n) is 2.19. The first-order valence-electron chi connectivity index (χ1n) is 4.53. The molecule has 1 aromatic rings. The summed E-state index contributed by atoms with van der Waals surface area (Å²) in [6.45, 7) is 1.58. The highest BCUT2D eigenvalue weighted by Gasteiger charge is 2.25. The third kappa shape index (κ3) is 2.79. The predicted molar refractivity (Wildman–Crippen MR) is 56.6 cm³/mol. The summed E-state index contributed by atoms with van der Waals surface area (Å²) in [7, 11) is 0. The Morgan fingerprint density at radius 2 is 2.27 bits per heavy atom. The number of benzene rings is 1. The minimum atomic E-state index is -1.08. The van der Waals surface area contributed by atoms with E-state index in [0.29, 0.717) is 12.0 Å². The summed E-state index contributed by atoms with van der Waals surface area (Å²) in [5, 5.41) is 8.70. The van der Waals surface area contributed by atoms with Gasteiger partial charge >= 0.3 is 0 Å². The highest BCUT2D eigenvalue weighted by atomic mass is 16.1. The van der Waals surface area contributed by atoms with Gasteiger partial charge < -0.3 is 11.5 Å². The molecule has 0 aliphatic rings. The molecule has 78 valence electrons. The smallest absolute Gasteiger partial charge is 0.237 e. The lowest BCUT2D eigenvalue weighted by atomic mass is 9.93. The topological polar surface area (TPSA) is 92.9 Å². The molecule has 0 aliphatic carbocycles. The molecule has 1 aromatic carbocycles. The maximum absolute atomic E-state index is 11.0. The van der Waals surface area contributed by atoms with Crippen molar-refractivity contribution in [2.45, 2.75) is 18.9 Å². The Morgan fingerprint density at radius 3 is 2.80 bits per heavy atom. The van der Waals surface area contributed by atoms with Crippen LogP contribution in [0.3, 0.4) is 0 Å². The molecule has 0 fully saturated rings. The van der Waals surface area contributed by atoms with Crippen LogP contribution >= 0.6 is 0 Å². The first kappa shape index (κ1) is 11.2. The second kappa shape index (κ2) is 4.11. The van der Waals surface area contributed by atoms with E-state index in [0.717, 1.165) is 5.56 Å². The van der Waals surface area contributed by atoms with E-state index in [1.165, 1.54) is 0 Å². The molecule has 1 amide bonds. The van der Waals surface area contributed by atoms with Crippen LogP contribution < -0.4 is 11.5 Å². The van der Waals surface area contributed by atoms with E-state index in [1.54, 1.807) is 25.1 Å². The van der Waals surface area contributed by atoms with Gasteiger partial charge in [0.15, 0.2) is 0 Å². The molecule has 15 heavy (non-hydrogen) atoms. The van der Waals surface area contributed by atoms with Crippen molar-refractivity contribution in [1.29, 1.82) is 5.26 Å². The molecule has 1 atom stereocenters. The third-order valence-corrected chi connectivity index (χ3v) is 2.19. The fraction of sp³-hybridized carbons (Fsp3) is 0.273. The van der Waals surface area contributed by atoms with Crippen molar-refractivity contribution in [2.24, 2.45) is 11.5 Å². The number of hydrogen-bond acceptors (Lipinski definition) is 3. The Kier molecular flexibility index (Phi) is 3.08. The van der Waals surface area contributed by atoms with Gasteiger partial charge in [-0.3, -0.25) is 4.79 Å². The number of primary amides is 1. The van der Waals surface area contributed by atoms with Crippen LogP contribution in [0.1, 0.15) is 18.1 Å². The zero-order chi connectivity index (χ0) is 11.5. The quantitative estimate of drug-likeness (QED) is 0.740. The van der Waals surface area contributed by atoms with Crippen molar-refractivity contribution in [3.8, 4) is 6.07 Å². The molecular weight excluding hydrogens is 190 g/mol. The number of nitrogens with two attached hydrogens (primary N) is 2. The highest BCUT2D eigenvalue weighted by molar-refractivity contribution is 5.84. The molecule has 0 aliphatic heterocycles. The van der Waals surface area contributed by atoms with Crippen LogP contribution in [0.2, 0.25) is 0 Å². The standard InChI is InChI=1S/C11H13N3O/c1-11(14,10(13)15)6-8-3-2-4-9(5-8)7-12/h2-5H,6,14H2,1H3,(H2,13,15)/t11-/m1/s1. The normalized spacial score (nSPS) is 13.9. The predicted octanol–water partition coefficient (Wildman–Crippen LogP) is 0.303. The van der Waals surface area contributed by atoms with Crippen molar-refractivity contribution in [3.05, 3.63) is 35.4 Å². The molecule has 0 saturated carbocycles. The lowest BCUT2D eigenvalue weighted by Gasteiger charge is -2.20. The number of carbonyl (C=O) groups excluding carboxylic acids is 1. The van der Waals surface area contributed by atoms with Crippen LogP contribution in [-0.2, 0) is 11.2 Å². The second-order valence-corrected chi connectivity index (χ2v) is 3.77. The first-order valence-corrected chi connectivity index (χ1v) is 4.53. The van der Waals surface area contributed by atoms with Gasteiger partial charge in [-0.15, -0.1) is 0 Å².